The molecule has 2 aromatic carbocycles. The van der Waals surface area contributed by atoms with Crippen LogP contribution in [0.15, 0.2) is 72.4 Å². The largest absolute Gasteiger partial charge is 0.508 e. The molecule has 0 saturated heterocycles. The highest BCUT2D eigenvalue weighted by atomic mass is 16.3. The standard InChI is InChI=1S/C23H25N3O4.C4H8.2C2H6/c1-4-15(2)16(3)25-13-19-11-18(23(29)24-30)7-10-21(19)26(22(28)14-25)12-17-5-8-20(27)9-6-17;1-3-4-2;2*1-2/h4-11,15-16,27H,1,12-14H2,2-3H3;3-4H,1-2H3;2*1-2H3/b;4-3+;;. The number of anilines is 1. The molecular formula is C31H45N3O4. The van der Waals surface area contributed by atoms with E-state index in [0.717, 1.165) is 11.1 Å². The molecule has 2 unspecified atom stereocenters. The van der Waals surface area contributed by atoms with E-state index < -0.39 is 5.91 Å². The van der Waals surface area contributed by atoms with E-state index in [9.17, 15) is 19.6 Å². The number of nitroso groups, excluding NO2 is 1. The van der Waals surface area contributed by atoms with Crippen LogP contribution in [0.3, 0.4) is 0 Å². The van der Waals surface area contributed by atoms with Crippen LogP contribution >= 0.6 is 0 Å². The molecule has 0 saturated carbocycles. The van der Waals surface area contributed by atoms with Gasteiger partial charge >= 0.3 is 5.91 Å². The molecule has 38 heavy (non-hydrogen) atoms. The zero-order chi connectivity index (χ0) is 29.3. The van der Waals surface area contributed by atoms with Crippen molar-refractivity contribution < 1.29 is 14.7 Å². The SMILES string of the molecule is C/C=C/C.C=CC(C)C(C)N1CC(=O)N(Cc2ccc(O)cc2)c2ccc(C(=O)N=O)cc2C1.CC.CC. The Hall–Kier alpha value is -3.58. The van der Waals surface area contributed by atoms with Gasteiger partial charge in [0.25, 0.3) is 0 Å². The van der Waals surface area contributed by atoms with E-state index in [4.69, 9.17) is 0 Å². The summed E-state index contributed by atoms with van der Waals surface area (Å²) in [7, 11) is 0. The highest BCUT2D eigenvalue weighted by Crippen LogP contribution is 2.30. The number of hydrogen-bond acceptors (Lipinski definition) is 5. The van der Waals surface area contributed by atoms with Crippen molar-refractivity contribution in [2.24, 2.45) is 11.1 Å². The number of hydrogen-bond donors (Lipinski definition) is 1. The Morgan fingerprint density at radius 3 is 2.11 bits per heavy atom. The summed E-state index contributed by atoms with van der Waals surface area (Å²) in [4.78, 5) is 39.5. The molecule has 0 aliphatic carbocycles. The highest BCUT2D eigenvalue weighted by Gasteiger charge is 2.30. The minimum atomic E-state index is -0.836. The first-order valence-electron chi connectivity index (χ1n) is 13.3. The van der Waals surface area contributed by atoms with E-state index in [1.54, 1.807) is 41.3 Å². The minimum Gasteiger partial charge on any atom is -0.508 e. The molecule has 1 N–H and O–H groups in total. The van der Waals surface area contributed by atoms with Gasteiger partial charge in [-0.3, -0.25) is 14.5 Å². The lowest BCUT2D eigenvalue weighted by Crippen LogP contribution is -2.42. The first-order valence-corrected chi connectivity index (χ1v) is 13.3. The van der Waals surface area contributed by atoms with Crippen LogP contribution in [-0.2, 0) is 17.9 Å². The Morgan fingerprint density at radius 1 is 1.03 bits per heavy atom. The number of allylic oxidation sites excluding steroid dienone is 2. The van der Waals surface area contributed by atoms with E-state index in [-0.39, 0.29) is 35.7 Å². The average Bonchev–Trinajstić information content (AvgIpc) is 3.10. The molecule has 2 amide bonds. The highest BCUT2D eigenvalue weighted by molar-refractivity contribution is 5.99. The second-order valence-corrected chi connectivity index (χ2v) is 8.29. The summed E-state index contributed by atoms with van der Waals surface area (Å²) in [6.07, 6.45) is 5.85. The summed E-state index contributed by atoms with van der Waals surface area (Å²) in [6.45, 7) is 20.9. The van der Waals surface area contributed by atoms with Crippen LogP contribution in [0.4, 0.5) is 5.69 Å². The smallest absolute Gasteiger partial charge is 0.316 e. The van der Waals surface area contributed by atoms with Gasteiger partial charge in [-0.05, 0) is 68.1 Å². The second-order valence-electron chi connectivity index (χ2n) is 8.29. The van der Waals surface area contributed by atoms with Crippen molar-refractivity contribution in [1.82, 2.24) is 4.90 Å². The van der Waals surface area contributed by atoms with Gasteiger partial charge < -0.3 is 10.0 Å². The van der Waals surface area contributed by atoms with Crippen molar-refractivity contribution in [3.63, 3.8) is 0 Å². The minimum absolute atomic E-state index is 0.0523. The van der Waals surface area contributed by atoms with Crippen LogP contribution in [0.5, 0.6) is 5.75 Å². The van der Waals surface area contributed by atoms with Gasteiger partial charge in [-0.1, -0.05) is 65.0 Å². The molecular weight excluding hydrogens is 478 g/mol. The Balaban J connectivity index is 0.00000153. The van der Waals surface area contributed by atoms with Gasteiger partial charge in [0.2, 0.25) is 5.91 Å². The lowest BCUT2D eigenvalue weighted by molar-refractivity contribution is -0.120. The molecule has 1 aliphatic heterocycles. The normalized spacial score (nSPS) is 14.2. The predicted octanol–water partition coefficient (Wildman–Crippen LogP) is 7.49. The summed E-state index contributed by atoms with van der Waals surface area (Å²) in [5, 5.41) is 12.0. The molecule has 0 spiro atoms. The van der Waals surface area contributed by atoms with Crippen molar-refractivity contribution >= 4 is 17.5 Å². The Morgan fingerprint density at radius 2 is 1.61 bits per heavy atom. The van der Waals surface area contributed by atoms with Crippen LogP contribution in [0.25, 0.3) is 0 Å². The number of phenols is 1. The van der Waals surface area contributed by atoms with E-state index in [1.807, 2.05) is 78.5 Å². The molecule has 2 atom stereocenters. The van der Waals surface area contributed by atoms with E-state index in [0.29, 0.717) is 18.8 Å². The fourth-order valence-electron chi connectivity index (χ4n) is 3.60. The predicted molar refractivity (Wildman–Crippen MR) is 158 cm³/mol. The van der Waals surface area contributed by atoms with E-state index in [1.165, 1.54) is 6.07 Å². The maximum atomic E-state index is 13.2. The lowest BCUT2D eigenvalue weighted by Gasteiger charge is -2.30. The molecule has 7 nitrogen and oxygen atoms in total. The molecule has 208 valence electrons. The zero-order valence-electron chi connectivity index (χ0n) is 24.3. The number of rotatable bonds is 6. The Bertz CT molecular complexity index is 1040. The topological polar surface area (TPSA) is 90.3 Å². The van der Waals surface area contributed by atoms with Gasteiger partial charge in [0.1, 0.15) is 5.75 Å². The summed E-state index contributed by atoms with van der Waals surface area (Å²) >= 11 is 0. The monoisotopic (exact) mass is 523 g/mol. The third kappa shape index (κ3) is 10.1. The first kappa shape index (κ1) is 34.4. The van der Waals surface area contributed by atoms with E-state index in [2.05, 4.69) is 11.8 Å². The second kappa shape index (κ2) is 18.6. The van der Waals surface area contributed by atoms with Crippen LogP contribution in [0.1, 0.15) is 76.9 Å². The molecule has 0 aromatic heterocycles. The van der Waals surface area contributed by atoms with Gasteiger partial charge in [-0.2, -0.15) is 0 Å². The number of amides is 2. The summed E-state index contributed by atoms with van der Waals surface area (Å²) < 4.78 is 0. The molecule has 0 radical (unpaired) electrons. The maximum absolute atomic E-state index is 13.2. The quantitative estimate of drug-likeness (QED) is 0.313. The van der Waals surface area contributed by atoms with Crippen LogP contribution in [0, 0.1) is 10.8 Å². The molecule has 0 bridgehead atoms. The summed E-state index contributed by atoms with van der Waals surface area (Å²) in [6, 6.07) is 11.6. The molecule has 1 heterocycles. The van der Waals surface area contributed by atoms with Gasteiger partial charge in [0.05, 0.1) is 13.1 Å². The van der Waals surface area contributed by atoms with Crippen molar-refractivity contribution in [2.75, 3.05) is 11.4 Å². The lowest BCUT2D eigenvalue weighted by atomic mass is 10.0. The first-order chi connectivity index (χ1) is 18.2. The Kier molecular flexibility index (Phi) is 16.9. The number of carbonyl (C=O) groups is 2. The Labute approximate surface area is 228 Å². The molecule has 3 rings (SSSR count). The molecule has 7 heteroatoms. The van der Waals surface area contributed by atoms with Crippen LogP contribution < -0.4 is 4.90 Å². The third-order valence-corrected chi connectivity index (χ3v) is 6.03. The number of nitrogens with zero attached hydrogens (tertiary/aromatic N) is 3. The van der Waals surface area contributed by atoms with Gasteiger partial charge in [-0.15, -0.1) is 11.5 Å². The fraction of sp³-hybridized carbons (Fsp3) is 0.419. The number of carbonyl (C=O) groups excluding carboxylic acids is 2. The van der Waals surface area contributed by atoms with Crippen molar-refractivity contribution in [3.8, 4) is 5.75 Å². The fourth-order valence-corrected chi connectivity index (χ4v) is 3.60. The van der Waals surface area contributed by atoms with Crippen molar-refractivity contribution in [2.45, 2.75) is 74.5 Å². The van der Waals surface area contributed by atoms with Gasteiger partial charge in [0.15, 0.2) is 0 Å². The third-order valence-electron chi connectivity index (χ3n) is 6.03. The summed E-state index contributed by atoms with van der Waals surface area (Å²) in [5.41, 5.74) is 2.53. The maximum Gasteiger partial charge on any atom is 0.316 e. The number of benzene rings is 2. The molecule has 0 fully saturated rings. The van der Waals surface area contributed by atoms with Gasteiger partial charge in [-0.25, -0.2) is 0 Å². The number of aromatic hydroxyl groups is 1. The number of phenolic OH excluding ortho intramolecular Hbond substituents is 1. The van der Waals surface area contributed by atoms with E-state index >= 15 is 0 Å². The zero-order valence-corrected chi connectivity index (χ0v) is 24.3. The number of fused-ring (bicyclic) bond motifs is 1. The van der Waals surface area contributed by atoms with Crippen molar-refractivity contribution in [3.05, 3.63) is 88.9 Å². The average molecular weight is 524 g/mol. The van der Waals surface area contributed by atoms with Crippen LogP contribution in [-0.4, -0.2) is 34.4 Å². The summed E-state index contributed by atoms with van der Waals surface area (Å²) in [5.74, 6) is -0.592. The van der Waals surface area contributed by atoms with Crippen molar-refractivity contribution in [1.29, 1.82) is 0 Å². The molecule has 2 aromatic rings. The molecule has 1 aliphatic rings. The van der Waals surface area contributed by atoms with Crippen LogP contribution in [0.2, 0.25) is 0 Å². The van der Waals surface area contributed by atoms with Gasteiger partial charge in [0, 0.05) is 29.0 Å².